The number of sulfonamides is 1. The van der Waals surface area contributed by atoms with Gasteiger partial charge in [0.2, 0.25) is 10.0 Å². The zero-order valence-electron chi connectivity index (χ0n) is 10.9. The maximum Gasteiger partial charge on any atom is 0.242 e. The van der Waals surface area contributed by atoms with Gasteiger partial charge in [-0.15, -0.1) is 0 Å². The van der Waals surface area contributed by atoms with Crippen LogP contribution in [0.4, 0.5) is 0 Å². The van der Waals surface area contributed by atoms with Crippen LogP contribution >= 0.6 is 23.2 Å². The highest BCUT2D eigenvalue weighted by Crippen LogP contribution is 2.24. The second-order valence-electron chi connectivity index (χ2n) is 4.82. The second kappa shape index (κ2) is 6.90. The van der Waals surface area contributed by atoms with Crippen LogP contribution < -0.4 is 10.5 Å². The SMILES string of the molecule is CC(C)CC(N)CNS(=O)(=O)c1cc(Cl)ccc1Cl. The van der Waals surface area contributed by atoms with Crippen molar-refractivity contribution in [1.29, 1.82) is 0 Å². The quantitative estimate of drug-likeness (QED) is 0.844. The fourth-order valence-corrected chi connectivity index (χ4v) is 3.52. The highest BCUT2D eigenvalue weighted by atomic mass is 35.5. The molecular formula is C12H18Cl2N2O2S. The summed E-state index contributed by atoms with van der Waals surface area (Å²) in [6, 6.07) is 4.08. The van der Waals surface area contributed by atoms with E-state index in [1.54, 1.807) is 0 Å². The van der Waals surface area contributed by atoms with E-state index in [2.05, 4.69) is 4.72 Å². The van der Waals surface area contributed by atoms with Crippen LogP contribution in [0.1, 0.15) is 20.3 Å². The van der Waals surface area contributed by atoms with E-state index < -0.39 is 10.0 Å². The predicted molar refractivity (Wildman–Crippen MR) is 79.1 cm³/mol. The molecule has 0 heterocycles. The lowest BCUT2D eigenvalue weighted by Gasteiger charge is -2.15. The van der Waals surface area contributed by atoms with Crippen molar-refractivity contribution in [3.63, 3.8) is 0 Å². The van der Waals surface area contributed by atoms with Crippen LogP contribution in [-0.4, -0.2) is 21.0 Å². The molecule has 1 aromatic carbocycles. The predicted octanol–water partition coefficient (Wildman–Crippen LogP) is 2.65. The van der Waals surface area contributed by atoms with Gasteiger partial charge in [-0.25, -0.2) is 13.1 Å². The van der Waals surface area contributed by atoms with Crippen molar-refractivity contribution >= 4 is 33.2 Å². The first-order chi connectivity index (χ1) is 8.72. The summed E-state index contributed by atoms with van der Waals surface area (Å²) >= 11 is 11.7. The third kappa shape index (κ3) is 5.28. The van der Waals surface area contributed by atoms with Crippen molar-refractivity contribution in [3.05, 3.63) is 28.2 Å². The summed E-state index contributed by atoms with van der Waals surface area (Å²) in [7, 11) is -3.69. The minimum absolute atomic E-state index is 0.0292. The molecule has 0 aliphatic rings. The van der Waals surface area contributed by atoms with Gasteiger partial charge in [0.25, 0.3) is 0 Å². The fourth-order valence-electron chi connectivity index (χ4n) is 1.67. The van der Waals surface area contributed by atoms with Crippen LogP contribution in [-0.2, 0) is 10.0 Å². The Morgan fingerprint density at radius 2 is 1.95 bits per heavy atom. The van der Waals surface area contributed by atoms with Crippen LogP contribution in [0.2, 0.25) is 10.0 Å². The van der Waals surface area contributed by atoms with Gasteiger partial charge in [0.05, 0.1) is 5.02 Å². The molecule has 0 saturated heterocycles. The largest absolute Gasteiger partial charge is 0.327 e. The summed E-state index contributed by atoms with van der Waals surface area (Å²) in [6.07, 6.45) is 0.742. The van der Waals surface area contributed by atoms with Crippen molar-refractivity contribution < 1.29 is 8.42 Å². The minimum atomic E-state index is -3.69. The molecule has 0 bridgehead atoms. The average Bonchev–Trinajstić information content (AvgIpc) is 2.29. The molecule has 108 valence electrons. The first-order valence-corrected chi connectivity index (χ1v) is 8.16. The number of benzene rings is 1. The van der Waals surface area contributed by atoms with E-state index in [4.69, 9.17) is 28.9 Å². The number of hydrogen-bond donors (Lipinski definition) is 2. The van der Waals surface area contributed by atoms with Gasteiger partial charge in [0.1, 0.15) is 4.90 Å². The lowest BCUT2D eigenvalue weighted by atomic mass is 10.1. The van der Waals surface area contributed by atoms with Crippen molar-refractivity contribution in [3.8, 4) is 0 Å². The monoisotopic (exact) mass is 324 g/mol. The Bertz CT molecular complexity index is 533. The van der Waals surface area contributed by atoms with Crippen molar-refractivity contribution in [2.24, 2.45) is 11.7 Å². The molecule has 0 aliphatic heterocycles. The smallest absolute Gasteiger partial charge is 0.242 e. The molecule has 1 aromatic rings. The standard InChI is InChI=1S/C12H18Cl2N2O2S/c1-8(2)5-10(15)7-16-19(17,18)12-6-9(13)3-4-11(12)14/h3-4,6,8,10,16H,5,7,15H2,1-2H3. The summed E-state index contributed by atoms with van der Waals surface area (Å²) in [5.41, 5.74) is 5.84. The molecule has 0 fully saturated rings. The average molecular weight is 325 g/mol. The van der Waals surface area contributed by atoms with E-state index in [0.29, 0.717) is 10.9 Å². The van der Waals surface area contributed by atoms with Gasteiger partial charge >= 0.3 is 0 Å². The zero-order chi connectivity index (χ0) is 14.6. The topological polar surface area (TPSA) is 72.2 Å². The van der Waals surface area contributed by atoms with Crippen LogP contribution in [0.25, 0.3) is 0 Å². The minimum Gasteiger partial charge on any atom is -0.327 e. The molecule has 1 unspecified atom stereocenters. The third-order valence-electron chi connectivity index (χ3n) is 2.49. The Labute approximate surface area is 124 Å². The zero-order valence-corrected chi connectivity index (χ0v) is 13.2. The molecular weight excluding hydrogens is 307 g/mol. The summed E-state index contributed by atoms with van der Waals surface area (Å²) in [5.74, 6) is 0.411. The third-order valence-corrected chi connectivity index (χ3v) is 4.63. The fraction of sp³-hybridized carbons (Fsp3) is 0.500. The summed E-state index contributed by atoms with van der Waals surface area (Å²) in [6.45, 7) is 4.23. The number of rotatable bonds is 6. The van der Waals surface area contributed by atoms with Crippen LogP contribution in [0, 0.1) is 5.92 Å². The van der Waals surface area contributed by atoms with Gasteiger partial charge in [-0.05, 0) is 30.5 Å². The van der Waals surface area contributed by atoms with Crippen molar-refractivity contribution in [2.75, 3.05) is 6.54 Å². The van der Waals surface area contributed by atoms with E-state index in [9.17, 15) is 8.42 Å². The Kier molecular flexibility index (Phi) is 6.08. The van der Waals surface area contributed by atoms with Gasteiger partial charge in [0.15, 0.2) is 0 Å². The lowest BCUT2D eigenvalue weighted by Crippen LogP contribution is -2.38. The van der Waals surface area contributed by atoms with Crippen LogP contribution in [0.5, 0.6) is 0 Å². The van der Waals surface area contributed by atoms with E-state index in [1.807, 2.05) is 13.8 Å². The number of nitrogens with two attached hydrogens (primary N) is 1. The Balaban J connectivity index is 2.79. The molecule has 7 heteroatoms. The number of halogens is 2. The first-order valence-electron chi connectivity index (χ1n) is 5.92. The van der Waals surface area contributed by atoms with Crippen molar-refractivity contribution in [1.82, 2.24) is 4.72 Å². The molecule has 4 nitrogen and oxygen atoms in total. The van der Waals surface area contributed by atoms with Gasteiger partial charge in [-0.2, -0.15) is 0 Å². The van der Waals surface area contributed by atoms with E-state index in [-0.39, 0.29) is 22.5 Å². The van der Waals surface area contributed by atoms with Crippen molar-refractivity contribution in [2.45, 2.75) is 31.2 Å². The van der Waals surface area contributed by atoms with E-state index >= 15 is 0 Å². The second-order valence-corrected chi connectivity index (χ2v) is 7.40. The highest BCUT2D eigenvalue weighted by molar-refractivity contribution is 7.89. The number of hydrogen-bond acceptors (Lipinski definition) is 3. The molecule has 19 heavy (non-hydrogen) atoms. The Morgan fingerprint density at radius 3 is 2.53 bits per heavy atom. The molecule has 1 atom stereocenters. The lowest BCUT2D eigenvalue weighted by molar-refractivity contribution is 0.486. The summed E-state index contributed by atoms with van der Waals surface area (Å²) in [5, 5.41) is 0.450. The first kappa shape index (κ1) is 16.7. The van der Waals surface area contributed by atoms with Gasteiger partial charge in [0, 0.05) is 17.6 Å². The normalized spacial score (nSPS) is 13.8. The molecule has 1 rings (SSSR count). The molecule has 3 N–H and O–H groups in total. The maximum absolute atomic E-state index is 12.1. The van der Waals surface area contributed by atoms with Crippen LogP contribution in [0.15, 0.2) is 23.1 Å². The molecule has 0 spiro atoms. The molecule has 0 amide bonds. The summed E-state index contributed by atoms with van der Waals surface area (Å²) < 4.78 is 26.6. The Morgan fingerprint density at radius 1 is 1.32 bits per heavy atom. The summed E-state index contributed by atoms with van der Waals surface area (Å²) in [4.78, 5) is -0.0292. The van der Waals surface area contributed by atoms with E-state index in [0.717, 1.165) is 6.42 Å². The Hall–Kier alpha value is -0.330. The van der Waals surface area contributed by atoms with Gasteiger partial charge in [-0.1, -0.05) is 37.0 Å². The highest BCUT2D eigenvalue weighted by Gasteiger charge is 2.19. The van der Waals surface area contributed by atoms with Crippen LogP contribution in [0.3, 0.4) is 0 Å². The molecule has 0 saturated carbocycles. The van der Waals surface area contributed by atoms with Gasteiger partial charge in [-0.3, -0.25) is 0 Å². The number of nitrogens with one attached hydrogen (secondary N) is 1. The molecule has 0 radical (unpaired) electrons. The van der Waals surface area contributed by atoms with Gasteiger partial charge < -0.3 is 5.73 Å². The maximum atomic E-state index is 12.1. The molecule has 0 aliphatic carbocycles. The van der Waals surface area contributed by atoms with E-state index in [1.165, 1.54) is 18.2 Å². The molecule has 0 aromatic heterocycles.